The largest absolute Gasteiger partial charge is 0.330 e. The molecule has 0 radical (unpaired) electrons. The minimum Gasteiger partial charge on any atom is -0.330 e. The molecule has 1 saturated heterocycles. The number of aromatic nitrogens is 1. The van der Waals surface area contributed by atoms with Crippen LogP contribution in [-0.2, 0) is 6.42 Å². The molecular formula is C14H23N3. The quantitative estimate of drug-likeness (QED) is 0.841. The smallest absolute Gasteiger partial charge is 0.0270 e. The van der Waals surface area contributed by atoms with Crippen LogP contribution >= 0.6 is 0 Å². The van der Waals surface area contributed by atoms with Gasteiger partial charge in [0.25, 0.3) is 0 Å². The van der Waals surface area contributed by atoms with E-state index in [-0.39, 0.29) is 0 Å². The van der Waals surface area contributed by atoms with Gasteiger partial charge in [-0.1, -0.05) is 6.42 Å². The van der Waals surface area contributed by atoms with Crippen LogP contribution in [0.2, 0.25) is 0 Å². The van der Waals surface area contributed by atoms with Crippen LogP contribution in [0.5, 0.6) is 0 Å². The van der Waals surface area contributed by atoms with Gasteiger partial charge in [-0.3, -0.25) is 4.98 Å². The zero-order chi connectivity index (χ0) is 11.9. The second-order valence-electron chi connectivity index (χ2n) is 5.02. The van der Waals surface area contributed by atoms with Crippen LogP contribution in [-0.4, -0.2) is 36.1 Å². The predicted octanol–water partition coefficient (Wildman–Crippen LogP) is 1.68. The first-order valence-corrected chi connectivity index (χ1v) is 6.70. The minimum atomic E-state index is 0.579. The fraction of sp³-hybridized carbons (Fsp3) is 0.643. The molecule has 2 rings (SSSR count). The molecule has 94 valence electrons. The van der Waals surface area contributed by atoms with E-state index in [1.807, 2.05) is 12.4 Å². The first-order chi connectivity index (χ1) is 8.38. The van der Waals surface area contributed by atoms with E-state index in [1.54, 1.807) is 0 Å². The molecule has 1 unspecified atom stereocenters. The Hall–Kier alpha value is -0.930. The third-order valence-electron chi connectivity index (χ3n) is 3.57. The van der Waals surface area contributed by atoms with Crippen LogP contribution < -0.4 is 5.73 Å². The summed E-state index contributed by atoms with van der Waals surface area (Å²) in [6.45, 7) is 4.44. The Balaban J connectivity index is 1.83. The molecule has 0 aliphatic carbocycles. The lowest BCUT2D eigenvalue weighted by Gasteiger charge is -2.30. The third-order valence-corrected chi connectivity index (χ3v) is 3.57. The highest BCUT2D eigenvalue weighted by Crippen LogP contribution is 2.13. The van der Waals surface area contributed by atoms with Crippen molar-refractivity contribution in [3.05, 3.63) is 30.1 Å². The summed E-state index contributed by atoms with van der Waals surface area (Å²) in [4.78, 5) is 6.62. The molecule has 1 aromatic rings. The molecule has 3 heteroatoms. The molecule has 0 amide bonds. The minimum absolute atomic E-state index is 0.579. The molecule has 0 saturated carbocycles. The van der Waals surface area contributed by atoms with Crippen LogP contribution in [0, 0.1) is 5.92 Å². The molecule has 1 aliphatic rings. The maximum atomic E-state index is 5.90. The second-order valence-corrected chi connectivity index (χ2v) is 5.02. The van der Waals surface area contributed by atoms with E-state index >= 15 is 0 Å². The first-order valence-electron chi connectivity index (χ1n) is 6.70. The number of rotatable bonds is 5. The highest BCUT2D eigenvalue weighted by atomic mass is 15.1. The zero-order valence-electron chi connectivity index (χ0n) is 10.5. The topological polar surface area (TPSA) is 42.1 Å². The number of pyridine rings is 1. The summed E-state index contributed by atoms with van der Waals surface area (Å²) in [5, 5.41) is 0. The van der Waals surface area contributed by atoms with Gasteiger partial charge in [-0.2, -0.15) is 0 Å². The van der Waals surface area contributed by atoms with E-state index in [0.717, 1.165) is 19.5 Å². The van der Waals surface area contributed by atoms with Gasteiger partial charge in [-0.15, -0.1) is 0 Å². The highest BCUT2D eigenvalue weighted by molar-refractivity contribution is 5.10. The van der Waals surface area contributed by atoms with Gasteiger partial charge >= 0.3 is 0 Å². The molecule has 1 aliphatic heterocycles. The van der Waals surface area contributed by atoms with Crippen molar-refractivity contribution < 1.29 is 0 Å². The van der Waals surface area contributed by atoms with Crippen molar-refractivity contribution in [1.82, 2.24) is 9.88 Å². The Bertz CT molecular complexity index is 307. The van der Waals surface area contributed by atoms with Crippen molar-refractivity contribution in [1.29, 1.82) is 0 Å². The van der Waals surface area contributed by atoms with E-state index in [2.05, 4.69) is 22.0 Å². The Kier molecular flexibility index (Phi) is 4.95. The standard InChI is InChI=1S/C14H23N3/c15-11-14(10-13-4-6-16-7-5-13)12-17-8-2-1-3-9-17/h4-7,14H,1-3,8-12,15H2. The Morgan fingerprint density at radius 1 is 1.18 bits per heavy atom. The van der Waals surface area contributed by atoms with Crippen LogP contribution in [0.4, 0.5) is 0 Å². The van der Waals surface area contributed by atoms with E-state index in [4.69, 9.17) is 5.73 Å². The summed E-state index contributed by atoms with van der Waals surface area (Å²) < 4.78 is 0. The van der Waals surface area contributed by atoms with Gasteiger partial charge in [0.05, 0.1) is 0 Å². The lowest BCUT2D eigenvalue weighted by Crippen LogP contribution is -2.37. The zero-order valence-corrected chi connectivity index (χ0v) is 10.5. The Morgan fingerprint density at radius 2 is 1.88 bits per heavy atom. The fourth-order valence-electron chi connectivity index (χ4n) is 2.58. The maximum Gasteiger partial charge on any atom is 0.0270 e. The van der Waals surface area contributed by atoms with Crippen molar-refractivity contribution in [2.45, 2.75) is 25.7 Å². The van der Waals surface area contributed by atoms with E-state index in [1.165, 1.54) is 37.9 Å². The molecule has 0 bridgehead atoms. The molecular weight excluding hydrogens is 210 g/mol. The fourth-order valence-corrected chi connectivity index (χ4v) is 2.58. The predicted molar refractivity (Wildman–Crippen MR) is 70.8 cm³/mol. The SMILES string of the molecule is NCC(Cc1ccncc1)CN1CCCCC1. The average molecular weight is 233 g/mol. The molecule has 0 aromatic carbocycles. The molecule has 2 N–H and O–H groups in total. The van der Waals surface area contributed by atoms with E-state index < -0.39 is 0 Å². The third kappa shape index (κ3) is 4.10. The molecule has 1 atom stereocenters. The summed E-state index contributed by atoms with van der Waals surface area (Å²) in [5.41, 5.74) is 7.25. The van der Waals surface area contributed by atoms with Crippen molar-refractivity contribution >= 4 is 0 Å². The Morgan fingerprint density at radius 3 is 2.53 bits per heavy atom. The van der Waals surface area contributed by atoms with Gasteiger partial charge < -0.3 is 10.6 Å². The monoisotopic (exact) mass is 233 g/mol. The molecule has 0 spiro atoms. The molecule has 17 heavy (non-hydrogen) atoms. The summed E-state index contributed by atoms with van der Waals surface area (Å²) in [5.74, 6) is 0.579. The van der Waals surface area contributed by atoms with Gasteiger partial charge in [0, 0.05) is 18.9 Å². The summed E-state index contributed by atoms with van der Waals surface area (Å²) in [6.07, 6.45) is 8.91. The first kappa shape index (κ1) is 12.5. The highest BCUT2D eigenvalue weighted by Gasteiger charge is 2.15. The maximum absolute atomic E-state index is 5.90. The van der Waals surface area contributed by atoms with E-state index in [9.17, 15) is 0 Å². The van der Waals surface area contributed by atoms with Crippen molar-refractivity contribution in [2.24, 2.45) is 11.7 Å². The van der Waals surface area contributed by atoms with Crippen LogP contribution in [0.15, 0.2) is 24.5 Å². The van der Waals surface area contributed by atoms with Crippen molar-refractivity contribution in [2.75, 3.05) is 26.2 Å². The van der Waals surface area contributed by atoms with Crippen LogP contribution in [0.1, 0.15) is 24.8 Å². The Labute approximate surface area is 104 Å². The lowest BCUT2D eigenvalue weighted by molar-refractivity contribution is 0.196. The van der Waals surface area contributed by atoms with Crippen LogP contribution in [0.3, 0.4) is 0 Å². The number of hydrogen-bond acceptors (Lipinski definition) is 3. The molecule has 1 fully saturated rings. The molecule has 2 heterocycles. The van der Waals surface area contributed by atoms with E-state index in [0.29, 0.717) is 5.92 Å². The second kappa shape index (κ2) is 6.72. The molecule has 1 aromatic heterocycles. The van der Waals surface area contributed by atoms with Gasteiger partial charge in [-0.25, -0.2) is 0 Å². The van der Waals surface area contributed by atoms with Gasteiger partial charge in [-0.05, 0) is 62.5 Å². The number of nitrogens with two attached hydrogens (primary N) is 1. The van der Waals surface area contributed by atoms with Gasteiger partial charge in [0.2, 0.25) is 0 Å². The number of likely N-dealkylation sites (tertiary alicyclic amines) is 1. The molecule has 3 nitrogen and oxygen atoms in total. The summed E-state index contributed by atoms with van der Waals surface area (Å²) in [6, 6.07) is 4.19. The van der Waals surface area contributed by atoms with Crippen LogP contribution in [0.25, 0.3) is 0 Å². The normalized spacial score (nSPS) is 19.1. The number of piperidine rings is 1. The summed E-state index contributed by atoms with van der Waals surface area (Å²) >= 11 is 0. The van der Waals surface area contributed by atoms with Gasteiger partial charge in [0.15, 0.2) is 0 Å². The number of hydrogen-bond donors (Lipinski definition) is 1. The van der Waals surface area contributed by atoms with Gasteiger partial charge in [0.1, 0.15) is 0 Å². The average Bonchev–Trinajstić information content (AvgIpc) is 2.40. The number of nitrogens with zero attached hydrogens (tertiary/aromatic N) is 2. The lowest BCUT2D eigenvalue weighted by atomic mass is 9.98. The van der Waals surface area contributed by atoms with Crippen molar-refractivity contribution in [3.8, 4) is 0 Å². The van der Waals surface area contributed by atoms with Crippen molar-refractivity contribution in [3.63, 3.8) is 0 Å². The summed E-state index contributed by atoms with van der Waals surface area (Å²) in [7, 11) is 0.